The summed E-state index contributed by atoms with van der Waals surface area (Å²) in [6, 6.07) is 12.1. The molecule has 158 valence electrons. The fourth-order valence-electron chi connectivity index (χ4n) is 3.91. The number of anilines is 1. The second kappa shape index (κ2) is 8.75. The van der Waals surface area contributed by atoms with Crippen LogP contribution in [0.15, 0.2) is 46.9 Å². The summed E-state index contributed by atoms with van der Waals surface area (Å²) in [4.78, 5) is 17.4. The lowest BCUT2D eigenvalue weighted by Gasteiger charge is -2.36. The van der Waals surface area contributed by atoms with Crippen molar-refractivity contribution in [1.29, 1.82) is 0 Å². The highest BCUT2D eigenvalue weighted by molar-refractivity contribution is 6.07. The van der Waals surface area contributed by atoms with Crippen molar-refractivity contribution in [3.63, 3.8) is 0 Å². The van der Waals surface area contributed by atoms with Gasteiger partial charge in [0.1, 0.15) is 22.9 Å². The van der Waals surface area contributed by atoms with Crippen LogP contribution in [-0.2, 0) is 0 Å². The maximum Gasteiger partial charge on any atom is 0.255 e. The quantitative estimate of drug-likeness (QED) is 0.673. The number of furan rings is 1. The standard InChI is InChI=1S/C23H26FN3O3/c1-16-22(20-15-19(29-2)7-8-21(20)30-16)23(28)25-9-10-26-11-13-27(14-12-26)18-5-3-17(24)4-6-18/h3-8,15H,9-14H2,1-2H3,(H,25,28). The third kappa shape index (κ3) is 4.26. The molecule has 0 bridgehead atoms. The van der Waals surface area contributed by atoms with E-state index in [-0.39, 0.29) is 11.7 Å². The van der Waals surface area contributed by atoms with Crippen molar-refractivity contribution in [2.24, 2.45) is 0 Å². The average molecular weight is 411 g/mol. The number of benzene rings is 2. The summed E-state index contributed by atoms with van der Waals surface area (Å²) in [5, 5.41) is 3.78. The predicted octanol–water partition coefficient (Wildman–Crippen LogP) is 3.44. The molecule has 1 saturated heterocycles. The molecular formula is C23H26FN3O3. The van der Waals surface area contributed by atoms with Gasteiger partial charge in [0, 0.05) is 50.3 Å². The van der Waals surface area contributed by atoms with Crippen molar-refractivity contribution >= 4 is 22.6 Å². The highest BCUT2D eigenvalue weighted by Crippen LogP contribution is 2.29. The van der Waals surface area contributed by atoms with Crippen molar-refractivity contribution in [3.8, 4) is 5.75 Å². The lowest BCUT2D eigenvalue weighted by atomic mass is 10.1. The van der Waals surface area contributed by atoms with E-state index in [4.69, 9.17) is 9.15 Å². The van der Waals surface area contributed by atoms with E-state index in [2.05, 4.69) is 15.1 Å². The number of carbonyl (C=O) groups is 1. The number of nitrogens with one attached hydrogen (secondary N) is 1. The Balaban J connectivity index is 1.30. The van der Waals surface area contributed by atoms with Crippen LogP contribution >= 0.6 is 0 Å². The number of hydrogen-bond acceptors (Lipinski definition) is 5. The molecule has 6 nitrogen and oxygen atoms in total. The summed E-state index contributed by atoms with van der Waals surface area (Å²) in [7, 11) is 1.60. The molecule has 4 rings (SSSR count). The molecule has 0 aliphatic carbocycles. The number of hydrogen-bond donors (Lipinski definition) is 1. The highest BCUT2D eigenvalue weighted by Gasteiger charge is 2.20. The topological polar surface area (TPSA) is 58.0 Å². The van der Waals surface area contributed by atoms with Crippen LogP contribution in [0.3, 0.4) is 0 Å². The fraction of sp³-hybridized carbons (Fsp3) is 0.348. The molecule has 1 aliphatic heterocycles. The third-order valence-corrected chi connectivity index (χ3v) is 5.58. The van der Waals surface area contributed by atoms with Crippen molar-refractivity contribution in [1.82, 2.24) is 10.2 Å². The molecule has 1 aliphatic rings. The van der Waals surface area contributed by atoms with Gasteiger partial charge in [0.05, 0.1) is 12.7 Å². The zero-order valence-electron chi connectivity index (χ0n) is 17.3. The Bertz CT molecular complexity index is 1020. The van der Waals surface area contributed by atoms with Gasteiger partial charge in [0.2, 0.25) is 0 Å². The van der Waals surface area contributed by atoms with Crippen LogP contribution in [0.25, 0.3) is 11.0 Å². The number of methoxy groups -OCH3 is 1. The maximum absolute atomic E-state index is 13.1. The van der Waals surface area contributed by atoms with Gasteiger partial charge in [-0.15, -0.1) is 0 Å². The Labute approximate surface area is 175 Å². The monoisotopic (exact) mass is 411 g/mol. The second-order valence-electron chi connectivity index (χ2n) is 7.46. The number of rotatable bonds is 6. The molecule has 0 atom stereocenters. The van der Waals surface area contributed by atoms with E-state index >= 15 is 0 Å². The third-order valence-electron chi connectivity index (χ3n) is 5.58. The highest BCUT2D eigenvalue weighted by atomic mass is 19.1. The molecule has 0 unspecified atom stereocenters. The van der Waals surface area contributed by atoms with E-state index in [0.717, 1.165) is 43.8 Å². The number of halogens is 1. The molecule has 30 heavy (non-hydrogen) atoms. The van der Waals surface area contributed by atoms with E-state index in [0.29, 0.717) is 29.2 Å². The molecule has 7 heteroatoms. The van der Waals surface area contributed by atoms with Crippen molar-refractivity contribution in [2.75, 3.05) is 51.3 Å². The van der Waals surface area contributed by atoms with Gasteiger partial charge in [-0.3, -0.25) is 9.69 Å². The van der Waals surface area contributed by atoms with Gasteiger partial charge in [-0.05, 0) is 49.4 Å². The van der Waals surface area contributed by atoms with E-state index in [1.165, 1.54) is 12.1 Å². The van der Waals surface area contributed by atoms with Crippen LogP contribution in [0, 0.1) is 12.7 Å². The minimum atomic E-state index is -0.216. The minimum Gasteiger partial charge on any atom is -0.497 e. The Morgan fingerprint density at radius 3 is 2.57 bits per heavy atom. The molecule has 0 radical (unpaired) electrons. The Morgan fingerprint density at radius 1 is 1.13 bits per heavy atom. The number of aryl methyl sites for hydroxylation is 1. The van der Waals surface area contributed by atoms with Crippen molar-refractivity contribution in [3.05, 3.63) is 59.6 Å². The molecule has 1 aromatic heterocycles. The second-order valence-corrected chi connectivity index (χ2v) is 7.46. The average Bonchev–Trinajstić information content (AvgIpc) is 3.09. The molecule has 1 N–H and O–H groups in total. The normalized spacial score (nSPS) is 14.8. The number of nitrogens with zero attached hydrogens (tertiary/aromatic N) is 2. The molecule has 3 aromatic rings. The zero-order valence-corrected chi connectivity index (χ0v) is 17.3. The first-order chi connectivity index (χ1) is 14.5. The smallest absolute Gasteiger partial charge is 0.255 e. The van der Waals surface area contributed by atoms with Gasteiger partial charge in [0.25, 0.3) is 5.91 Å². The number of piperazine rings is 1. The van der Waals surface area contributed by atoms with Gasteiger partial charge in [-0.1, -0.05) is 0 Å². The largest absolute Gasteiger partial charge is 0.497 e. The van der Waals surface area contributed by atoms with Crippen LogP contribution in [-0.4, -0.2) is 57.2 Å². The number of ether oxygens (including phenoxy) is 1. The van der Waals surface area contributed by atoms with Gasteiger partial charge < -0.3 is 19.4 Å². The zero-order chi connectivity index (χ0) is 21.1. The SMILES string of the molecule is COc1ccc2oc(C)c(C(=O)NCCN3CCN(c4ccc(F)cc4)CC3)c2c1. The summed E-state index contributed by atoms with van der Waals surface area (Å²) in [5.41, 5.74) is 2.28. The summed E-state index contributed by atoms with van der Waals surface area (Å²) in [6.45, 7) is 6.70. The Hall–Kier alpha value is -3.06. The summed E-state index contributed by atoms with van der Waals surface area (Å²) < 4.78 is 24.1. The van der Waals surface area contributed by atoms with Gasteiger partial charge in [0.15, 0.2) is 0 Å². The van der Waals surface area contributed by atoms with Crippen LogP contribution in [0.5, 0.6) is 5.75 Å². The maximum atomic E-state index is 13.1. The molecule has 2 heterocycles. The van der Waals surface area contributed by atoms with Gasteiger partial charge >= 0.3 is 0 Å². The van der Waals surface area contributed by atoms with Crippen LogP contribution < -0.4 is 15.0 Å². The number of amides is 1. The van der Waals surface area contributed by atoms with Crippen LogP contribution in [0.4, 0.5) is 10.1 Å². The van der Waals surface area contributed by atoms with Crippen molar-refractivity contribution in [2.45, 2.75) is 6.92 Å². The van der Waals surface area contributed by atoms with E-state index in [1.807, 2.05) is 30.3 Å². The Morgan fingerprint density at radius 2 is 1.87 bits per heavy atom. The minimum absolute atomic E-state index is 0.135. The first-order valence-electron chi connectivity index (χ1n) is 10.1. The summed E-state index contributed by atoms with van der Waals surface area (Å²) in [6.07, 6.45) is 0. The van der Waals surface area contributed by atoms with Crippen LogP contribution in [0.2, 0.25) is 0 Å². The molecule has 0 saturated carbocycles. The predicted molar refractivity (Wildman–Crippen MR) is 115 cm³/mol. The molecular weight excluding hydrogens is 385 g/mol. The first kappa shape index (κ1) is 20.2. The molecule has 1 fully saturated rings. The summed E-state index contributed by atoms with van der Waals surface area (Å²) in [5.74, 6) is 0.941. The van der Waals surface area contributed by atoms with Crippen molar-refractivity contribution < 1.29 is 18.3 Å². The van der Waals surface area contributed by atoms with E-state index < -0.39 is 0 Å². The molecule has 0 spiro atoms. The van der Waals surface area contributed by atoms with E-state index in [9.17, 15) is 9.18 Å². The lowest BCUT2D eigenvalue weighted by molar-refractivity contribution is 0.0947. The molecule has 2 aromatic carbocycles. The van der Waals surface area contributed by atoms with Gasteiger partial charge in [-0.25, -0.2) is 4.39 Å². The van der Waals surface area contributed by atoms with Crippen LogP contribution in [0.1, 0.15) is 16.1 Å². The molecule has 1 amide bonds. The Kier molecular flexibility index (Phi) is 5.90. The fourth-order valence-corrected chi connectivity index (χ4v) is 3.91. The van der Waals surface area contributed by atoms with E-state index in [1.54, 1.807) is 14.0 Å². The lowest BCUT2D eigenvalue weighted by Crippen LogP contribution is -2.48. The van der Waals surface area contributed by atoms with Gasteiger partial charge in [-0.2, -0.15) is 0 Å². The first-order valence-corrected chi connectivity index (χ1v) is 10.1. The number of fused-ring (bicyclic) bond motifs is 1. The summed E-state index contributed by atoms with van der Waals surface area (Å²) >= 11 is 0. The number of carbonyl (C=O) groups excluding carboxylic acids is 1.